The number of aliphatic carboxylic acids is 1. The first-order valence-corrected chi connectivity index (χ1v) is 20.1. The van der Waals surface area contributed by atoms with E-state index in [2.05, 4.69) is 23.8 Å². The molecule has 3 aliphatic rings. The minimum Gasteiger partial charge on any atom is -0.497 e. The average Bonchev–Trinajstić information content (AvgIpc) is 3.77. The molecule has 2 unspecified atom stereocenters. The Balaban J connectivity index is 1.21. The van der Waals surface area contributed by atoms with Crippen molar-refractivity contribution in [3.05, 3.63) is 79.4 Å². The Morgan fingerprint density at radius 3 is 2.39 bits per heavy atom. The highest BCUT2D eigenvalue weighted by Crippen LogP contribution is 2.45. The van der Waals surface area contributed by atoms with Crippen molar-refractivity contribution in [2.45, 2.75) is 83.1 Å². The van der Waals surface area contributed by atoms with Gasteiger partial charge in [0.1, 0.15) is 34.8 Å². The van der Waals surface area contributed by atoms with Crippen LogP contribution in [0.4, 0.5) is 4.79 Å². The van der Waals surface area contributed by atoms with Gasteiger partial charge in [0.05, 0.1) is 30.8 Å². The molecular formula is C45H55N5O9. The molecule has 59 heavy (non-hydrogen) atoms. The standard InChI is InChI=1S/C45H55N5O9/c1-8-30-24-45(30,42(54)55)48-40(52)37-21-32(58-38-23-35(29-12-10-9-11-13-29)47-36-20-31(57-7)14-15-33(36)38)26-50(37)41(53)34(27(2)3)22-39(51)49-18-16-28(17-19-49)25-46-43(56)59-44(4,5)6/h8-15,20,23,28,30,32,34,37H,1-2,16-19,21-22,24-26H2,3-7H3,(H,46,56)(H,48,52)(H,54,55)/t30?,32-,34+,37+,45?/m1/s1. The molecule has 4 amide bonds. The minimum atomic E-state index is -1.52. The van der Waals surface area contributed by atoms with Crippen molar-refractivity contribution < 1.29 is 43.3 Å². The highest BCUT2D eigenvalue weighted by atomic mass is 16.6. The van der Waals surface area contributed by atoms with Crippen LogP contribution in [0.1, 0.15) is 59.8 Å². The first-order valence-electron chi connectivity index (χ1n) is 20.1. The number of pyridine rings is 1. The van der Waals surface area contributed by atoms with Crippen molar-refractivity contribution in [1.82, 2.24) is 25.4 Å². The van der Waals surface area contributed by atoms with Crippen molar-refractivity contribution in [2.75, 3.05) is 33.3 Å². The summed E-state index contributed by atoms with van der Waals surface area (Å²) in [4.78, 5) is 75.1. The number of fused-ring (bicyclic) bond motifs is 1. The van der Waals surface area contributed by atoms with Crippen LogP contribution in [-0.4, -0.2) is 106 Å². The number of likely N-dealkylation sites (tertiary alicyclic amines) is 2. The van der Waals surface area contributed by atoms with Gasteiger partial charge in [0.15, 0.2) is 0 Å². The van der Waals surface area contributed by atoms with E-state index in [-0.39, 0.29) is 37.6 Å². The van der Waals surface area contributed by atoms with E-state index in [1.54, 1.807) is 45.8 Å². The third-order valence-corrected chi connectivity index (χ3v) is 11.4. The molecule has 2 aromatic carbocycles. The molecule has 1 saturated carbocycles. The van der Waals surface area contributed by atoms with E-state index in [9.17, 15) is 29.1 Å². The fourth-order valence-corrected chi connectivity index (χ4v) is 7.94. The first-order chi connectivity index (χ1) is 28.0. The topological polar surface area (TPSA) is 177 Å². The number of carbonyl (C=O) groups is 5. The summed E-state index contributed by atoms with van der Waals surface area (Å²) in [5.41, 5.74) is 0.470. The van der Waals surface area contributed by atoms with Crippen molar-refractivity contribution in [3.63, 3.8) is 0 Å². The van der Waals surface area contributed by atoms with Gasteiger partial charge in [-0.25, -0.2) is 14.6 Å². The van der Waals surface area contributed by atoms with E-state index in [1.807, 2.05) is 48.5 Å². The monoisotopic (exact) mass is 809 g/mol. The summed E-state index contributed by atoms with van der Waals surface area (Å²) < 4.78 is 17.5. The van der Waals surface area contributed by atoms with Crippen LogP contribution in [0.15, 0.2) is 79.4 Å². The summed E-state index contributed by atoms with van der Waals surface area (Å²) in [6.07, 6.45) is 1.77. The average molecular weight is 810 g/mol. The Morgan fingerprint density at radius 2 is 1.78 bits per heavy atom. The van der Waals surface area contributed by atoms with Gasteiger partial charge in [-0.1, -0.05) is 48.6 Å². The molecule has 5 atom stereocenters. The molecule has 0 radical (unpaired) electrons. The number of carboxylic acids is 1. The molecule has 3 heterocycles. The summed E-state index contributed by atoms with van der Waals surface area (Å²) in [5.74, 6) is -2.64. The lowest BCUT2D eigenvalue weighted by atomic mass is 9.93. The number of aromatic nitrogens is 1. The fraction of sp³-hybridized carbons (Fsp3) is 0.467. The number of hydrogen-bond acceptors (Lipinski definition) is 9. The lowest BCUT2D eigenvalue weighted by Crippen LogP contribution is -2.54. The van der Waals surface area contributed by atoms with E-state index in [0.717, 1.165) is 5.56 Å². The Bertz CT molecular complexity index is 2110. The molecule has 3 aromatic rings. The number of benzene rings is 2. The van der Waals surface area contributed by atoms with Crippen LogP contribution < -0.4 is 20.1 Å². The van der Waals surface area contributed by atoms with Crippen LogP contribution in [0.2, 0.25) is 0 Å². The molecule has 3 fully saturated rings. The number of carboxylic acid groups (broad SMARTS) is 1. The molecular weight excluding hydrogens is 755 g/mol. The van der Waals surface area contributed by atoms with Crippen molar-refractivity contribution >= 4 is 40.7 Å². The summed E-state index contributed by atoms with van der Waals surface area (Å²) in [6, 6.07) is 15.8. The number of piperidine rings is 1. The Labute approximate surface area is 345 Å². The van der Waals surface area contributed by atoms with Gasteiger partial charge in [0.25, 0.3) is 0 Å². The normalized spacial score (nSPS) is 22.2. The highest BCUT2D eigenvalue weighted by molar-refractivity contribution is 5.96. The predicted molar refractivity (Wildman–Crippen MR) is 222 cm³/mol. The molecule has 2 saturated heterocycles. The number of carbonyl (C=O) groups excluding carboxylic acids is 4. The van der Waals surface area contributed by atoms with E-state index in [1.165, 1.54) is 11.0 Å². The SMILES string of the molecule is C=CC1CC1(NC(=O)[C@@H]1C[C@@H](Oc2cc(-c3ccccc3)nc3cc(OC)ccc23)CN1C(=O)[C@@H](CC(=O)N1CCC(CNC(=O)OC(C)(C)C)CC1)C(=C)C)C(=O)O. The zero-order valence-electron chi connectivity index (χ0n) is 34.5. The highest BCUT2D eigenvalue weighted by Gasteiger charge is 2.61. The van der Waals surface area contributed by atoms with Crippen LogP contribution in [0, 0.1) is 17.8 Å². The molecule has 1 aliphatic carbocycles. The van der Waals surface area contributed by atoms with Gasteiger partial charge in [0, 0.05) is 61.5 Å². The molecule has 314 valence electrons. The molecule has 0 spiro atoms. The third kappa shape index (κ3) is 9.86. The van der Waals surface area contributed by atoms with E-state index in [4.69, 9.17) is 19.2 Å². The van der Waals surface area contributed by atoms with Crippen LogP contribution in [0.25, 0.3) is 22.2 Å². The lowest BCUT2D eigenvalue weighted by Gasteiger charge is -2.34. The molecule has 14 heteroatoms. The molecule has 0 bridgehead atoms. The second-order valence-electron chi connectivity index (χ2n) is 16.9. The molecule has 2 aliphatic heterocycles. The van der Waals surface area contributed by atoms with Gasteiger partial charge < -0.3 is 39.8 Å². The number of nitrogens with zero attached hydrogens (tertiary/aromatic N) is 3. The zero-order chi connectivity index (χ0) is 42.6. The van der Waals surface area contributed by atoms with E-state index in [0.29, 0.717) is 66.1 Å². The van der Waals surface area contributed by atoms with Crippen LogP contribution in [-0.2, 0) is 23.9 Å². The molecule has 14 nitrogen and oxygen atoms in total. The Hall–Kier alpha value is -5.92. The fourth-order valence-electron chi connectivity index (χ4n) is 7.94. The smallest absolute Gasteiger partial charge is 0.407 e. The van der Waals surface area contributed by atoms with Gasteiger partial charge in [-0.2, -0.15) is 0 Å². The van der Waals surface area contributed by atoms with E-state index >= 15 is 0 Å². The predicted octanol–water partition coefficient (Wildman–Crippen LogP) is 5.75. The number of ether oxygens (including phenoxy) is 3. The summed E-state index contributed by atoms with van der Waals surface area (Å²) in [5, 5.41) is 16.4. The Morgan fingerprint density at radius 1 is 1.07 bits per heavy atom. The second-order valence-corrected chi connectivity index (χ2v) is 16.9. The van der Waals surface area contributed by atoms with Gasteiger partial charge in [0.2, 0.25) is 17.7 Å². The first kappa shape index (κ1) is 42.7. The third-order valence-electron chi connectivity index (χ3n) is 11.4. The second kappa shape index (κ2) is 17.5. The van der Waals surface area contributed by atoms with Crippen molar-refractivity contribution in [1.29, 1.82) is 0 Å². The number of hydrogen-bond donors (Lipinski definition) is 3. The van der Waals surface area contributed by atoms with Crippen molar-refractivity contribution in [3.8, 4) is 22.8 Å². The number of amides is 4. The summed E-state index contributed by atoms with van der Waals surface area (Å²) in [7, 11) is 1.57. The minimum absolute atomic E-state index is 0.00344. The summed E-state index contributed by atoms with van der Waals surface area (Å²) in [6.45, 7) is 16.2. The van der Waals surface area contributed by atoms with Gasteiger partial charge in [-0.05, 0) is 65.0 Å². The van der Waals surface area contributed by atoms with Crippen LogP contribution in [0.3, 0.4) is 0 Å². The largest absolute Gasteiger partial charge is 0.497 e. The molecule has 3 N–H and O–H groups in total. The van der Waals surface area contributed by atoms with E-state index < -0.39 is 59.0 Å². The number of alkyl carbamates (subject to hydrolysis) is 1. The molecule has 1 aromatic heterocycles. The van der Waals surface area contributed by atoms with Gasteiger partial charge in [-0.15, -0.1) is 6.58 Å². The maximum atomic E-state index is 14.6. The number of nitrogens with one attached hydrogen (secondary N) is 2. The quantitative estimate of drug-likeness (QED) is 0.170. The number of methoxy groups -OCH3 is 1. The van der Waals surface area contributed by atoms with Crippen molar-refractivity contribution in [2.24, 2.45) is 17.8 Å². The Kier molecular flexibility index (Phi) is 12.7. The maximum absolute atomic E-state index is 14.6. The lowest BCUT2D eigenvalue weighted by molar-refractivity contribution is -0.147. The maximum Gasteiger partial charge on any atom is 0.407 e. The zero-order valence-corrected chi connectivity index (χ0v) is 34.5. The molecule has 6 rings (SSSR count). The van der Waals surface area contributed by atoms with Crippen LogP contribution >= 0.6 is 0 Å². The van der Waals surface area contributed by atoms with Crippen LogP contribution in [0.5, 0.6) is 11.5 Å². The number of rotatable bonds is 14. The van der Waals surface area contributed by atoms with Gasteiger partial charge >= 0.3 is 12.1 Å². The summed E-state index contributed by atoms with van der Waals surface area (Å²) >= 11 is 0. The van der Waals surface area contributed by atoms with Gasteiger partial charge in [-0.3, -0.25) is 14.4 Å².